The normalized spacial score (nSPS) is 25.0. The van der Waals surface area contributed by atoms with E-state index in [9.17, 15) is 0 Å². The van der Waals surface area contributed by atoms with Crippen LogP contribution < -0.4 is 4.90 Å². The molecule has 1 aromatic rings. The number of hydrogen-bond donors (Lipinski definition) is 0. The lowest BCUT2D eigenvalue weighted by atomic mass is 9.99. The summed E-state index contributed by atoms with van der Waals surface area (Å²) in [6.45, 7) is 6.59. The Morgan fingerprint density at radius 3 is 3.06 bits per heavy atom. The molecule has 0 radical (unpaired) electrons. The van der Waals surface area contributed by atoms with E-state index in [2.05, 4.69) is 26.7 Å². The Morgan fingerprint density at radius 2 is 2.17 bits per heavy atom. The zero-order valence-corrected chi connectivity index (χ0v) is 11.5. The van der Waals surface area contributed by atoms with Gasteiger partial charge in [-0.2, -0.15) is 0 Å². The molecule has 0 saturated carbocycles. The van der Waals surface area contributed by atoms with Crippen LogP contribution in [0.3, 0.4) is 0 Å². The van der Waals surface area contributed by atoms with Gasteiger partial charge in [-0.3, -0.25) is 4.90 Å². The van der Waals surface area contributed by atoms with Crippen molar-refractivity contribution in [3.8, 4) is 0 Å². The SMILES string of the molecule is Cc1cnc(Cl)nc1N1CCN2CCCCC2C1. The Bertz CT molecular complexity index is 437. The first-order chi connectivity index (χ1) is 8.74. The molecule has 1 aromatic heterocycles. The Morgan fingerprint density at radius 1 is 1.28 bits per heavy atom. The van der Waals surface area contributed by atoms with Crippen LogP contribution in [0.2, 0.25) is 5.28 Å². The molecule has 0 bridgehead atoms. The van der Waals surface area contributed by atoms with Crippen molar-refractivity contribution in [1.82, 2.24) is 14.9 Å². The molecule has 0 aliphatic carbocycles. The fourth-order valence-electron chi connectivity index (χ4n) is 3.08. The third kappa shape index (κ3) is 2.31. The predicted molar refractivity (Wildman–Crippen MR) is 73.2 cm³/mol. The van der Waals surface area contributed by atoms with Crippen LogP contribution in [0.15, 0.2) is 6.20 Å². The number of aryl methyl sites for hydroxylation is 1. The van der Waals surface area contributed by atoms with Gasteiger partial charge in [-0.1, -0.05) is 6.42 Å². The average Bonchev–Trinajstić information content (AvgIpc) is 2.41. The van der Waals surface area contributed by atoms with Gasteiger partial charge in [0, 0.05) is 37.4 Å². The maximum absolute atomic E-state index is 5.91. The summed E-state index contributed by atoms with van der Waals surface area (Å²) in [7, 11) is 0. The van der Waals surface area contributed by atoms with E-state index in [1.54, 1.807) is 0 Å². The molecule has 0 N–H and O–H groups in total. The van der Waals surface area contributed by atoms with Crippen LogP contribution in [-0.4, -0.2) is 47.1 Å². The first-order valence-corrected chi connectivity index (χ1v) is 7.10. The third-order valence-electron chi connectivity index (χ3n) is 4.05. The molecule has 4 nitrogen and oxygen atoms in total. The predicted octanol–water partition coefficient (Wildman–Crippen LogP) is 2.11. The van der Waals surface area contributed by atoms with Crippen LogP contribution in [0.5, 0.6) is 0 Å². The average molecular weight is 267 g/mol. The largest absolute Gasteiger partial charge is 0.353 e. The molecule has 0 amide bonds. The molecule has 18 heavy (non-hydrogen) atoms. The lowest BCUT2D eigenvalue weighted by molar-refractivity contribution is 0.133. The second-order valence-corrected chi connectivity index (χ2v) is 5.62. The number of piperazine rings is 1. The number of fused-ring (bicyclic) bond motifs is 1. The molecule has 98 valence electrons. The highest BCUT2D eigenvalue weighted by atomic mass is 35.5. The summed E-state index contributed by atoms with van der Waals surface area (Å²) in [6, 6.07) is 0.695. The smallest absolute Gasteiger partial charge is 0.224 e. The zero-order valence-electron chi connectivity index (χ0n) is 10.8. The molecule has 1 atom stereocenters. The summed E-state index contributed by atoms with van der Waals surface area (Å²) >= 11 is 5.91. The molecule has 2 fully saturated rings. The van der Waals surface area contributed by atoms with E-state index in [4.69, 9.17) is 11.6 Å². The van der Waals surface area contributed by atoms with Gasteiger partial charge >= 0.3 is 0 Å². The van der Waals surface area contributed by atoms with Crippen molar-refractivity contribution in [2.45, 2.75) is 32.2 Å². The van der Waals surface area contributed by atoms with Crippen LogP contribution in [0.1, 0.15) is 24.8 Å². The zero-order chi connectivity index (χ0) is 12.5. The van der Waals surface area contributed by atoms with Gasteiger partial charge in [0.1, 0.15) is 5.82 Å². The number of nitrogens with zero attached hydrogens (tertiary/aromatic N) is 4. The van der Waals surface area contributed by atoms with Crippen molar-refractivity contribution in [3.05, 3.63) is 17.0 Å². The molecule has 1 unspecified atom stereocenters. The summed E-state index contributed by atoms with van der Waals surface area (Å²) in [5, 5.41) is 0.349. The molecule has 3 heterocycles. The Kier molecular flexibility index (Phi) is 3.39. The summed E-state index contributed by atoms with van der Waals surface area (Å²) < 4.78 is 0. The van der Waals surface area contributed by atoms with E-state index >= 15 is 0 Å². The first kappa shape index (κ1) is 12.2. The van der Waals surface area contributed by atoms with E-state index in [0.717, 1.165) is 31.0 Å². The van der Waals surface area contributed by atoms with Crippen molar-refractivity contribution in [2.75, 3.05) is 31.1 Å². The van der Waals surface area contributed by atoms with Crippen molar-refractivity contribution in [1.29, 1.82) is 0 Å². The van der Waals surface area contributed by atoms with Gasteiger partial charge in [-0.15, -0.1) is 0 Å². The van der Waals surface area contributed by atoms with Gasteiger partial charge < -0.3 is 4.90 Å². The molecule has 2 aliphatic heterocycles. The van der Waals surface area contributed by atoms with E-state index in [1.807, 2.05) is 6.20 Å². The van der Waals surface area contributed by atoms with Crippen LogP contribution in [0.4, 0.5) is 5.82 Å². The second kappa shape index (κ2) is 5.02. The number of anilines is 1. The van der Waals surface area contributed by atoms with E-state index in [1.165, 1.54) is 25.8 Å². The van der Waals surface area contributed by atoms with E-state index < -0.39 is 0 Å². The highest BCUT2D eigenvalue weighted by Crippen LogP contribution is 2.26. The summed E-state index contributed by atoms with van der Waals surface area (Å²) in [5.74, 6) is 1.01. The van der Waals surface area contributed by atoms with Crippen LogP contribution in [0, 0.1) is 6.92 Å². The summed E-state index contributed by atoms with van der Waals surface area (Å²) in [5.41, 5.74) is 1.11. The van der Waals surface area contributed by atoms with Crippen molar-refractivity contribution in [2.24, 2.45) is 0 Å². The summed E-state index contributed by atoms with van der Waals surface area (Å²) in [4.78, 5) is 13.4. The topological polar surface area (TPSA) is 32.3 Å². The van der Waals surface area contributed by atoms with Crippen LogP contribution in [0.25, 0.3) is 0 Å². The van der Waals surface area contributed by atoms with Gasteiger partial charge in [0.15, 0.2) is 0 Å². The number of piperidine rings is 1. The first-order valence-electron chi connectivity index (χ1n) is 6.72. The lowest BCUT2D eigenvalue weighted by Crippen LogP contribution is -2.55. The number of rotatable bonds is 1. The van der Waals surface area contributed by atoms with Gasteiger partial charge in [0.2, 0.25) is 5.28 Å². The second-order valence-electron chi connectivity index (χ2n) is 5.28. The lowest BCUT2D eigenvalue weighted by Gasteiger charge is -2.44. The standard InChI is InChI=1S/C13H19ClN4/c1-10-8-15-13(14)16-12(10)18-7-6-17-5-3-2-4-11(17)9-18/h8,11H,2-7,9H2,1H3. The minimum absolute atomic E-state index is 0.349. The van der Waals surface area contributed by atoms with Crippen LogP contribution in [-0.2, 0) is 0 Å². The Hall–Kier alpha value is -0.870. The maximum Gasteiger partial charge on any atom is 0.224 e. The quantitative estimate of drug-likeness (QED) is 0.729. The van der Waals surface area contributed by atoms with E-state index in [-0.39, 0.29) is 0 Å². The molecule has 2 saturated heterocycles. The van der Waals surface area contributed by atoms with Crippen molar-refractivity contribution in [3.63, 3.8) is 0 Å². The third-order valence-corrected chi connectivity index (χ3v) is 4.23. The van der Waals surface area contributed by atoms with Gasteiger partial charge in [-0.25, -0.2) is 9.97 Å². The van der Waals surface area contributed by atoms with Gasteiger partial charge in [0.25, 0.3) is 0 Å². The molecular formula is C13H19ClN4. The minimum atomic E-state index is 0.349. The number of hydrogen-bond acceptors (Lipinski definition) is 4. The molecule has 0 aromatic carbocycles. The molecule has 5 heteroatoms. The highest BCUT2D eigenvalue weighted by Gasteiger charge is 2.29. The minimum Gasteiger partial charge on any atom is -0.353 e. The Labute approximate surface area is 113 Å². The van der Waals surface area contributed by atoms with Crippen LogP contribution >= 0.6 is 11.6 Å². The van der Waals surface area contributed by atoms with Crippen molar-refractivity contribution >= 4 is 17.4 Å². The number of aromatic nitrogens is 2. The fraction of sp³-hybridized carbons (Fsp3) is 0.692. The number of halogens is 1. The summed E-state index contributed by atoms with van der Waals surface area (Å²) in [6.07, 6.45) is 5.85. The molecule has 2 aliphatic rings. The van der Waals surface area contributed by atoms with Gasteiger partial charge in [0.05, 0.1) is 0 Å². The Balaban J connectivity index is 1.79. The molecular weight excluding hydrogens is 248 g/mol. The van der Waals surface area contributed by atoms with E-state index in [0.29, 0.717) is 11.3 Å². The molecule has 3 rings (SSSR count). The fourth-order valence-corrected chi connectivity index (χ4v) is 3.21. The maximum atomic E-state index is 5.91. The van der Waals surface area contributed by atoms with Gasteiger partial charge in [-0.05, 0) is 37.9 Å². The highest BCUT2D eigenvalue weighted by molar-refractivity contribution is 6.28. The monoisotopic (exact) mass is 266 g/mol. The molecule has 0 spiro atoms. The van der Waals surface area contributed by atoms with Crippen molar-refractivity contribution < 1.29 is 0 Å².